The quantitative estimate of drug-likeness (QED) is 0.759. The van der Waals surface area contributed by atoms with Gasteiger partial charge in [-0.2, -0.15) is 8.78 Å². The minimum Gasteiger partial charge on any atom is -0.506 e. The van der Waals surface area contributed by atoms with Crippen LogP contribution in [0.1, 0.15) is 18.5 Å². The van der Waals surface area contributed by atoms with Crippen molar-refractivity contribution in [1.82, 2.24) is 0 Å². The molecule has 0 aliphatic rings. The molecule has 1 aromatic rings. The zero-order valence-corrected chi connectivity index (χ0v) is 13.0. The van der Waals surface area contributed by atoms with Crippen LogP contribution in [0.2, 0.25) is 0 Å². The number of rotatable bonds is 4. The van der Waals surface area contributed by atoms with Crippen LogP contribution in [0.3, 0.4) is 0 Å². The standard InChI is InChI=1S/C11H11Br2F2NO3/c1-2-19-10(18)11(14,15)9(16)7-5(12)3-4-6(13)8(7)17/h3-4,9,17H,2,16H2,1H3/t9-/m1/s1. The van der Waals surface area contributed by atoms with Crippen LogP contribution in [0.5, 0.6) is 5.75 Å². The molecule has 0 heterocycles. The average Bonchev–Trinajstić information content (AvgIpc) is 2.34. The largest absolute Gasteiger partial charge is 0.506 e. The molecular formula is C11H11Br2F2NO3. The molecule has 0 radical (unpaired) electrons. The molecule has 0 aromatic heterocycles. The predicted octanol–water partition coefficient (Wildman–Crippen LogP) is 3.12. The molecule has 0 bridgehead atoms. The third-order valence-electron chi connectivity index (χ3n) is 2.36. The number of carbonyl (C=O) groups excluding carboxylic acids is 1. The van der Waals surface area contributed by atoms with Crippen LogP contribution in [0.25, 0.3) is 0 Å². The summed E-state index contributed by atoms with van der Waals surface area (Å²) in [5.74, 6) is -6.13. The number of hydrogen-bond donors (Lipinski definition) is 2. The number of phenols is 1. The first-order valence-electron chi connectivity index (χ1n) is 5.20. The van der Waals surface area contributed by atoms with E-state index in [0.29, 0.717) is 0 Å². The monoisotopic (exact) mass is 401 g/mol. The van der Waals surface area contributed by atoms with Gasteiger partial charge in [0.05, 0.1) is 11.1 Å². The van der Waals surface area contributed by atoms with Gasteiger partial charge in [0, 0.05) is 10.0 Å². The molecule has 0 unspecified atom stereocenters. The van der Waals surface area contributed by atoms with Gasteiger partial charge in [0.15, 0.2) is 0 Å². The molecule has 19 heavy (non-hydrogen) atoms. The van der Waals surface area contributed by atoms with E-state index in [1.807, 2.05) is 0 Å². The zero-order valence-electron chi connectivity index (χ0n) is 9.79. The lowest BCUT2D eigenvalue weighted by Crippen LogP contribution is -2.42. The molecule has 1 aromatic carbocycles. The van der Waals surface area contributed by atoms with Gasteiger partial charge in [-0.15, -0.1) is 0 Å². The van der Waals surface area contributed by atoms with Crippen molar-refractivity contribution in [2.45, 2.75) is 18.9 Å². The van der Waals surface area contributed by atoms with Gasteiger partial charge in [0.1, 0.15) is 11.8 Å². The van der Waals surface area contributed by atoms with Gasteiger partial charge < -0.3 is 15.6 Å². The minimum absolute atomic E-state index is 0.171. The summed E-state index contributed by atoms with van der Waals surface area (Å²) in [5, 5.41) is 9.78. The number of carbonyl (C=O) groups is 1. The molecule has 0 saturated heterocycles. The molecular weight excluding hydrogens is 392 g/mol. The second kappa shape index (κ2) is 6.15. The van der Waals surface area contributed by atoms with Crippen molar-refractivity contribution in [1.29, 1.82) is 0 Å². The Balaban J connectivity index is 3.23. The van der Waals surface area contributed by atoms with Gasteiger partial charge in [0.2, 0.25) is 0 Å². The highest BCUT2D eigenvalue weighted by Gasteiger charge is 2.49. The van der Waals surface area contributed by atoms with Gasteiger partial charge in [-0.25, -0.2) is 4.79 Å². The summed E-state index contributed by atoms with van der Waals surface area (Å²) >= 11 is 6.01. The first-order valence-corrected chi connectivity index (χ1v) is 6.79. The van der Waals surface area contributed by atoms with Crippen molar-refractivity contribution in [2.75, 3.05) is 6.61 Å². The van der Waals surface area contributed by atoms with Crippen molar-refractivity contribution in [3.63, 3.8) is 0 Å². The van der Waals surface area contributed by atoms with Crippen LogP contribution in [0.4, 0.5) is 8.78 Å². The molecule has 0 fully saturated rings. The average molecular weight is 403 g/mol. The Morgan fingerprint density at radius 2 is 2.00 bits per heavy atom. The summed E-state index contributed by atoms with van der Waals surface area (Å²) in [7, 11) is 0. The molecule has 1 rings (SSSR count). The molecule has 0 aliphatic carbocycles. The lowest BCUT2D eigenvalue weighted by Gasteiger charge is -2.23. The fourth-order valence-corrected chi connectivity index (χ4v) is 2.30. The predicted molar refractivity (Wildman–Crippen MR) is 72.0 cm³/mol. The Bertz CT molecular complexity index is 497. The first-order chi connectivity index (χ1) is 8.73. The van der Waals surface area contributed by atoms with E-state index in [4.69, 9.17) is 5.73 Å². The fraction of sp³-hybridized carbons (Fsp3) is 0.364. The maximum Gasteiger partial charge on any atom is 0.379 e. The van der Waals surface area contributed by atoms with Crippen LogP contribution in [0, 0.1) is 0 Å². The smallest absolute Gasteiger partial charge is 0.379 e. The summed E-state index contributed by atoms with van der Waals surface area (Å²) in [5.41, 5.74) is 5.14. The molecule has 0 spiro atoms. The van der Waals surface area contributed by atoms with Crippen LogP contribution >= 0.6 is 31.9 Å². The zero-order chi connectivity index (χ0) is 14.8. The molecule has 8 heteroatoms. The SMILES string of the molecule is CCOC(=O)C(F)(F)[C@H](N)c1c(Br)ccc(Br)c1O. The second-order valence-electron chi connectivity index (χ2n) is 3.61. The van der Waals surface area contributed by atoms with E-state index < -0.39 is 23.7 Å². The Morgan fingerprint density at radius 1 is 1.47 bits per heavy atom. The van der Waals surface area contributed by atoms with E-state index in [9.17, 15) is 18.7 Å². The van der Waals surface area contributed by atoms with E-state index in [0.717, 1.165) is 0 Å². The highest BCUT2D eigenvalue weighted by molar-refractivity contribution is 9.11. The van der Waals surface area contributed by atoms with Crippen molar-refractivity contribution in [3.05, 3.63) is 26.6 Å². The Hall–Kier alpha value is -0.730. The Kier molecular flexibility index (Phi) is 5.28. The van der Waals surface area contributed by atoms with Crippen LogP contribution < -0.4 is 5.73 Å². The number of aromatic hydroxyl groups is 1. The Morgan fingerprint density at radius 3 is 2.53 bits per heavy atom. The number of nitrogens with two attached hydrogens (primary N) is 1. The highest BCUT2D eigenvalue weighted by Crippen LogP contribution is 2.42. The number of hydrogen-bond acceptors (Lipinski definition) is 4. The molecule has 4 nitrogen and oxygen atoms in total. The van der Waals surface area contributed by atoms with Gasteiger partial charge in [-0.05, 0) is 35.0 Å². The summed E-state index contributed by atoms with van der Waals surface area (Å²) in [6.07, 6.45) is 0. The molecule has 0 saturated carbocycles. The summed E-state index contributed by atoms with van der Waals surface area (Å²) in [4.78, 5) is 11.2. The molecule has 3 N–H and O–H groups in total. The van der Waals surface area contributed by atoms with E-state index >= 15 is 0 Å². The van der Waals surface area contributed by atoms with E-state index in [1.54, 1.807) is 0 Å². The third kappa shape index (κ3) is 3.24. The van der Waals surface area contributed by atoms with Crippen LogP contribution in [-0.2, 0) is 9.53 Å². The van der Waals surface area contributed by atoms with E-state index in [2.05, 4.69) is 36.6 Å². The Labute approximate surface area is 125 Å². The number of alkyl halides is 2. The topological polar surface area (TPSA) is 72.5 Å². The fourth-order valence-electron chi connectivity index (χ4n) is 1.39. The summed E-state index contributed by atoms with van der Waals surface area (Å²) < 4.78 is 32.3. The lowest BCUT2D eigenvalue weighted by molar-refractivity contribution is -0.174. The van der Waals surface area contributed by atoms with Crippen molar-refractivity contribution in [2.24, 2.45) is 5.73 Å². The molecule has 0 aliphatic heterocycles. The summed E-state index contributed by atoms with van der Waals surface area (Å²) in [6.45, 7) is 1.22. The third-order valence-corrected chi connectivity index (χ3v) is 3.70. The van der Waals surface area contributed by atoms with Crippen molar-refractivity contribution in [3.8, 4) is 5.75 Å². The van der Waals surface area contributed by atoms with Crippen LogP contribution in [0.15, 0.2) is 21.1 Å². The summed E-state index contributed by atoms with van der Waals surface area (Å²) in [6, 6.07) is 0.858. The second-order valence-corrected chi connectivity index (χ2v) is 5.32. The van der Waals surface area contributed by atoms with Crippen molar-refractivity contribution >= 4 is 37.8 Å². The van der Waals surface area contributed by atoms with Crippen molar-refractivity contribution < 1.29 is 23.4 Å². The number of esters is 1. The normalized spacial score (nSPS) is 13.2. The number of halogens is 4. The number of benzene rings is 1. The van der Waals surface area contributed by atoms with E-state index in [-0.39, 0.29) is 21.1 Å². The minimum atomic E-state index is -3.95. The van der Waals surface area contributed by atoms with Gasteiger partial charge >= 0.3 is 11.9 Å². The molecule has 1 atom stereocenters. The van der Waals surface area contributed by atoms with Gasteiger partial charge in [-0.1, -0.05) is 15.9 Å². The van der Waals surface area contributed by atoms with Crippen LogP contribution in [-0.4, -0.2) is 23.6 Å². The van der Waals surface area contributed by atoms with Gasteiger partial charge in [-0.3, -0.25) is 0 Å². The van der Waals surface area contributed by atoms with Gasteiger partial charge in [0.25, 0.3) is 0 Å². The van der Waals surface area contributed by atoms with E-state index in [1.165, 1.54) is 19.1 Å². The number of ether oxygens (including phenoxy) is 1. The first kappa shape index (κ1) is 16.3. The lowest BCUT2D eigenvalue weighted by atomic mass is 10.0. The molecule has 106 valence electrons. The maximum atomic E-state index is 13.8. The highest BCUT2D eigenvalue weighted by atomic mass is 79.9. The molecule has 0 amide bonds. The maximum absolute atomic E-state index is 13.8. The number of phenolic OH excluding ortho intramolecular Hbond substituents is 1.